The van der Waals surface area contributed by atoms with Crippen LogP contribution in [-0.4, -0.2) is 11.2 Å². The van der Waals surface area contributed by atoms with Gasteiger partial charge in [-0.25, -0.2) is 0 Å². The van der Waals surface area contributed by atoms with Crippen LogP contribution >= 0.6 is 0 Å². The van der Waals surface area contributed by atoms with E-state index in [0.29, 0.717) is 11.3 Å². The van der Waals surface area contributed by atoms with Gasteiger partial charge in [0.2, 0.25) is 0 Å². The van der Waals surface area contributed by atoms with Crippen LogP contribution in [0.4, 0.5) is 0 Å². The molecule has 3 aliphatic carbocycles. The van der Waals surface area contributed by atoms with Crippen LogP contribution in [0.2, 0.25) is 0 Å². The Morgan fingerprint density at radius 2 is 2.08 bits per heavy atom. The molecular weight excluding hydrogens is 148 g/mol. The molecule has 0 saturated heterocycles. The Hall–Kier alpha value is -0.0400. The van der Waals surface area contributed by atoms with Crippen LogP contribution in [0.1, 0.15) is 33.1 Å². The van der Waals surface area contributed by atoms with Crippen molar-refractivity contribution in [2.24, 2.45) is 29.1 Å². The zero-order valence-electron chi connectivity index (χ0n) is 7.96. The molecule has 0 aromatic carbocycles. The number of aliphatic hydroxyl groups is 1. The van der Waals surface area contributed by atoms with Crippen LogP contribution in [0.15, 0.2) is 0 Å². The summed E-state index contributed by atoms with van der Waals surface area (Å²) >= 11 is 0. The van der Waals surface area contributed by atoms with E-state index in [2.05, 4.69) is 13.8 Å². The Morgan fingerprint density at radius 1 is 1.33 bits per heavy atom. The molecule has 4 bridgehead atoms. The number of hydrogen-bond donors (Lipinski definition) is 1. The normalized spacial score (nSPS) is 67.8. The summed E-state index contributed by atoms with van der Waals surface area (Å²) in [5.41, 5.74) is 0.507. The lowest BCUT2D eigenvalue weighted by Crippen LogP contribution is -2.35. The zero-order chi connectivity index (χ0) is 8.51. The molecule has 6 atom stereocenters. The molecule has 12 heavy (non-hydrogen) atoms. The molecule has 3 saturated carbocycles. The monoisotopic (exact) mass is 166 g/mol. The maximum Gasteiger partial charge on any atom is 0.0579 e. The van der Waals surface area contributed by atoms with E-state index in [1.165, 1.54) is 12.8 Å². The third-order valence-electron chi connectivity index (χ3n) is 5.24. The predicted octanol–water partition coefficient (Wildman–Crippen LogP) is 2.05. The van der Waals surface area contributed by atoms with Gasteiger partial charge in [0.15, 0.2) is 0 Å². The van der Waals surface area contributed by atoms with Crippen molar-refractivity contribution in [3.63, 3.8) is 0 Å². The van der Waals surface area contributed by atoms with E-state index in [0.717, 1.165) is 24.2 Å². The summed E-state index contributed by atoms with van der Waals surface area (Å²) in [5.74, 6) is 3.29. The van der Waals surface area contributed by atoms with E-state index in [1.807, 2.05) is 0 Å². The fourth-order valence-electron chi connectivity index (χ4n) is 4.62. The molecule has 1 heteroatoms. The van der Waals surface area contributed by atoms with Gasteiger partial charge in [-0.15, -0.1) is 0 Å². The molecule has 0 heterocycles. The van der Waals surface area contributed by atoms with Gasteiger partial charge in [-0.05, 0) is 48.3 Å². The second kappa shape index (κ2) is 1.89. The maximum absolute atomic E-state index is 9.88. The van der Waals surface area contributed by atoms with Crippen molar-refractivity contribution in [2.75, 3.05) is 0 Å². The second-order valence-corrected chi connectivity index (χ2v) is 5.60. The Labute approximate surface area is 74.2 Å². The molecule has 3 fully saturated rings. The van der Waals surface area contributed by atoms with E-state index in [4.69, 9.17) is 0 Å². The highest BCUT2D eigenvalue weighted by atomic mass is 16.3. The SMILES string of the molecule is C[C@@H]1CC2[C@@H]3C[C@@H](O)[C@@H]2C1(C)C3. The molecule has 3 aliphatic rings. The minimum absolute atomic E-state index is 0.0451. The Kier molecular flexibility index (Phi) is 1.16. The maximum atomic E-state index is 9.88. The summed E-state index contributed by atoms with van der Waals surface area (Å²) in [6.45, 7) is 4.78. The fourth-order valence-corrected chi connectivity index (χ4v) is 4.62. The van der Waals surface area contributed by atoms with Crippen LogP contribution in [0.25, 0.3) is 0 Å². The summed E-state index contributed by atoms with van der Waals surface area (Å²) in [6, 6.07) is 0. The molecule has 0 aliphatic heterocycles. The standard InChI is InChI=1S/C11H18O/c1-6-3-8-7-4-9(12)10(8)11(6,2)5-7/h6-10,12H,3-5H2,1-2H3/t6-,7-,8?,9-,10-,11?/m1/s1. The van der Waals surface area contributed by atoms with Crippen LogP contribution in [0.5, 0.6) is 0 Å². The summed E-state index contributed by atoms with van der Waals surface area (Å²) < 4.78 is 0. The van der Waals surface area contributed by atoms with E-state index in [1.54, 1.807) is 0 Å². The first-order valence-electron chi connectivity index (χ1n) is 5.31. The first-order valence-corrected chi connectivity index (χ1v) is 5.31. The van der Waals surface area contributed by atoms with E-state index in [-0.39, 0.29) is 6.10 Å². The third kappa shape index (κ3) is 0.585. The summed E-state index contributed by atoms with van der Waals surface area (Å²) in [5, 5.41) is 9.88. The average Bonchev–Trinajstić information content (AvgIpc) is 2.47. The van der Waals surface area contributed by atoms with Crippen molar-refractivity contribution in [1.82, 2.24) is 0 Å². The molecule has 2 unspecified atom stereocenters. The predicted molar refractivity (Wildman–Crippen MR) is 47.6 cm³/mol. The zero-order valence-corrected chi connectivity index (χ0v) is 7.96. The minimum atomic E-state index is 0.0451. The van der Waals surface area contributed by atoms with Crippen molar-refractivity contribution in [3.05, 3.63) is 0 Å². The van der Waals surface area contributed by atoms with Gasteiger partial charge in [-0.3, -0.25) is 0 Å². The first kappa shape index (κ1) is 7.37. The number of aliphatic hydroxyl groups excluding tert-OH is 1. The number of hydrogen-bond acceptors (Lipinski definition) is 1. The highest BCUT2D eigenvalue weighted by molar-refractivity contribution is 5.13. The molecule has 0 spiro atoms. The minimum Gasteiger partial charge on any atom is -0.393 e. The van der Waals surface area contributed by atoms with Crippen molar-refractivity contribution in [3.8, 4) is 0 Å². The molecule has 0 aromatic heterocycles. The fraction of sp³-hybridized carbons (Fsp3) is 1.00. The van der Waals surface area contributed by atoms with Crippen molar-refractivity contribution in [2.45, 2.75) is 39.2 Å². The summed E-state index contributed by atoms with van der Waals surface area (Å²) in [6.07, 6.45) is 3.95. The first-order chi connectivity index (χ1) is 5.63. The largest absolute Gasteiger partial charge is 0.393 e. The molecule has 3 rings (SSSR count). The topological polar surface area (TPSA) is 20.2 Å². The van der Waals surface area contributed by atoms with Crippen LogP contribution in [-0.2, 0) is 0 Å². The molecule has 0 amide bonds. The van der Waals surface area contributed by atoms with Crippen molar-refractivity contribution in [1.29, 1.82) is 0 Å². The molecule has 0 radical (unpaired) electrons. The molecule has 1 nitrogen and oxygen atoms in total. The second-order valence-electron chi connectivity index (χ2n) is 5.60. The van der Waals surface area contributed by atoms with Gasteiger partial charge in [0, 0.05) is 0 Å². The average molecular weight is 166 g/mol. The van der Waals surface area contributed by atoms with E-state index >= 15 is 0 Å². The van der Waals surface area contributed by atoms with Gasteiger partial charge >= 0.3 is 0 Å². The lowest BCUT2D eigenvalue weighted by atomic mass is 9.67. The Bertz CT molecular complexity index is 225. The molecule has 0 aromatic rings. The highest BCUT2D eigenvalue weighted by Gasteiger charge is 2.65. The lowest BCUT2D eigenvalue weighted by Gasteiger charge is -2.39. The van der Waals surface area contributed by atoms with Gasteiger partial charge < -0.3 is 5.11 Å². The van der Waals surface area contributed by atoms with E-state index in [9.17, 15) is 5.11 Å². The van der Waals surface area contributed by atoms with Gasteiger partial charge in [0.25, 0.3) is 0 Å². The Balaban J connectivity index is 2.03. The summed E-state index contributed by atoms with van der Waals surface area (Å²) in [4.78, 5) is 0. The van der Waals surface area contributed by atoms with Crippen molar-refractivity contribution >= 4 is 0 Å². The van der Waals surface area contributed by atoms with Crippen LogP contribution in [0.3, 0.4) is 0 Å². The lowest BCUT2D eigenvalue weighted by molar-refractivity contribution is 0.0179. The van der Waals surface area contributed by atoms with Gasteiger partial charge in [0.1, 0.15) is 0 Å². The van der Waals surface area contributed by atoms with Crippen LogP contribution in [0, 0.1) is 29.1 Å². The van der Waals surface area contributed by atoms with Crippen LogP contribution < -0.4 is 0 Å². The third-order valence-corrected chi connectivity index (χ3v) is 5.24. The van der Waals surface area contributed by atoms with Gasteiger partial charge in [-0.1, -0.05) is 13.8 Å². The quantitative estimate of drug-likeness (QED) is 0.584. The Morgan fingerprint density at radius 3 is 2.67 bits per heavy atom. The molecular formula is C11H18O. The van der Waals surface area contributed by atoms with Gasteiger partial charge in [0.05, 0.1) is 6.10 Å². The summed E-state index contributed by atoms with van der Waals surface area (Å²) in [7, 11) is 0. The van der Waals surface area contributed by atoms with E-state index < -0.39 is 0 Å². The smallest absolute Gasteiger partial charge is 0.0579 e. The highest BCUT2D eigenvalue weighted by Crippen LogP contribution is 2.69. The molecule has 68 valence electrons. The number of rotatable bonds is 0. The van der Waals surface area contributed by atoms with Gasteiger partial charge in [-0.2, -0.15) is 0 Å². The van der Waals surface area contributed by atoms with Crippen molar-refractivity contribution < 1.29 is 5.11 Å². The molecule has 1 N–H and O–H groups in total.